The van der Waals surface area contributed by atoms with E-state index >= 15 is 0 Å². The predicted molar refractivity (Wildman–Crippen MR) is 67.2 cm³/mol. The average molecular weight is 235 g/mol. The topological polar surface area (TPSA) is 47.0 Å². The number of nitrogens with one attached hydrogen (secondary N) is 1. The van der Waals surface area contributed by atoms with Crippen LogP contribution in [-0.4, -0.2) is 29.7 Å². The first-order chi connectivity index (χ1) is 8.25. The minimum Gasteiger partial charge on any atom is -0.478 e. The summed E-state index contributed by atoms with van der Waals surface area (Å²) in [6, 6.07) is 1.94. The van der Waals surface area contributed by atoms with Crippen LogP contribution in [-0.2, 0) is 0 Å². The Kier molecular flexibility index (Phi) is 4.31. The van der Waals surface area contributed by atoms with Crippen LogP contribution in [0.2, 0.25) is 0 Å². The molecule has 4 heteroatoms. The Morgan fingerprint density at radius 2 is 2.35 bits per heavy atom. The molecule has 0 aromatic carbocycles. The number of ether oxygens (including phenoxy) is 1. The highest BCUT2D eigenvalue weighted by Gasteiger charge is 2.14. The molecule has 0 aliphatic carbocycles. The zero-order valence-electron chi connectivity index (χ0n) is 10.6. The van der Waals surface area contributed by atoms with E-state index in [0.717, 1.165) is 37.7 Å². The van der Waals surface area contributed by atoms with Crippen molar-refractivity contribution < 1.29 is 4.74 Å². The summed E-state index contributed by atoms with van der Waals surface area (Å²) in [6.45, 7) is 7.27. The molecule has 1 fully saturated rings. The van der Waals surface area contributed by atoms with E-state index in [1.165, 1.54) is 6.42 Å². The highest BCUT2D eigenvalue weighted by molar-refractivity contribution is 5.15. The molecule has 0 bridgehead atoms. The second-order valence-corrected chi connectivity index (χ2v) is 4.93. The Morgan fingerprint density at radius 1 is 1.47 bits per heavy atom. The quantitative estimate of drug-likeness (QED) is 0.847. The summed E-state index contributed by atoms with van der Waals surface area (Å²) in [5.41, 5.74) is 1.04. The van der Waals surface area contributed by atoms with Gasteiger partial charge in [0.25, 0.3) is 0 Å². The standard InChI is InChI=1S/C13H21N3O/c1-10(2)12-7-13(16-9-15-12)17-6-4-11-3-5-14-8-11/h7,9-11,14H,3-6,8H2,1-2H3. The van der Waals surface area contributed by atoms with Gasteiger partial charge in [-0.25, -0.2) is 9.97 Å². The van der Waals surface area contributed by atoms with E-state index in [1.54, 1.807) is 6.33 Å². The van der Waals surface area contributed by atoms with E-state index < -0.39 is 0 Å². The Labute approximate surface area is 103 Å². The van der Waals surface area contributed by atoms with Gasteiger partial charge in [-0.3, -0.25) is 0 Å². The van der Waals surface area contributed by atoms with E-state index in [4.69, 9.17) is 4.74 Å². The van der Waals surface area contributed by atoms with Crippen LogP contribution in [0.4, 0.5) is 0 Å². The van der Waals surface area contributed by atoms with Gasteiger partial charge in [0.2, 0.25) is 5.88 Å². The fourth-order valence-corrected chi connectivity index (χ4v) is 2.04. The highest BCUT2D eigenvalue weighted by Crippen LogP contribution is 2.16. The largest absolute Gasteiger partial charge is 0.478 e. The molecule has 1 aliphatic heterocycles. The summed E-state index contributed by atoms with van der Waals surface area (Å²) in [7, 11) is 0. The van der Waals surface area contributed by atoms with Gasteiger partial charge in [0.15, 0.2) is 0 Å². The fourth-order valence-electron chi connectivity index (χ4n) is 2.04. The van der Waals surface area contributed by atoms with Gasteiger partial charge >= 0.3 is 0 Å². The molecule has 0 spiro atoms. The van der Waals surface area contributed by atoms with Gasteiger partial charge in [-0.05, 0) is 37.8 Å². The molecular weight excluding hydrogens is 214 g/mol. The molecule has 2 rings (SSSR count). The lowest BCUT2D eigenvalue weighted by molar-refractivity contribution is 0.273. The maximum absolute atomic E-state index is 5.68. The summed E-state index contributed by atoms with van der Waals surface area (Å²) in [5.74, 6) is 1.88. The molecule has 0 radical (unpaired) electrons. The highest BCUT2D eigenvalue weighted by atomic mass is 16.5. The second kappa shape index (κ2) is 5.96. The number of rotatable bonds is 5. The van der Waals surface area contributed by atoms with E-state index in [2.05, 4.69) is 29.1 Å². The number of nitrogens with zero attached hydrogens (tertiary/aromatic N) is 2. The minimum atomic E-state index is 0.416. The van der Waals surface area contributed by atoms with Gasteiger partial charge in [0.05, 0.1) is 12.3 Å². The van der Waals surface area contributed by atoms with Gasteiger partial charge < -0.3 is 10.1 Å². The first-order valence-corrected chi connectivity index (χ1v) is 6.41. The molecule has 0 amide bonds. The molecule has 1 unspecified atom stereocenters. The van der Waals surface area contributed by atoms with Crippen LogP contribution in [0.25, 0.3) is 0 Å². The predicted octanol–water partition coefficient (Wildman–Crippen LogP) is 1.98. The first-order valence-electron chi connectivity index (χ1n) is 6.41. The Bertz CT molecular complexity index is 348. The lowest BCUT2D eigenvalue weighted by Gasteiger charge is -2.10. The Morgan fingerprint density at radius 3 is 3.06 bits per heavy atom. The Balaban J connectivity index is 1.79. The van der Waals surface area contributed by atoms with Crippen molar-refractivity contribution in [1.82, 2.24) is 15.3 Å². The number of hydrogen-bond acceptors (Lipinski definition) is 4. The van der Waals surface area contributed by atoms with Crippen molar-refractivity contribution in [1.29, 1.82) is 0 Å². The van der Waals surface area contributed by atoms with E-state index in [1.807, 2.05) is 6.07 Å². The lowest BCUT2D eigenvalue weighted by Crippen LogP contribution is -2.12. The third kappa shape index (κ3) is 3.66. The van der Waals surface area contributed by atoms with Crippen LogP contribution in [0.5, 0.6) is 5.88 Å². The SMILES string of the molecule is CC(C)c1cc(OCCC2CCNC2)ncn1. The maximum Gasteiger partial charge on any atom is 0.216 e. The third-order valence-corrected chi connectivity index (χ3v) is 3.19. The molecule has 17 heavy (non-hydrogen) atoms. The van der Waals surface area contributed by atoms with Crippen molar-refractivity contribution in [3.8, 4) is 5.88 Å². The van der Waals surface area contributed by atoms with Crippen molar-refractivity contribution in [2.24, 2.45) is 5.92 Å². The van der Waals surface area contributed by atoms with Crippen molar-refractivity contribution in [3.63, 3.8) is 0 Å². The van der Waals surface area contributed by atoms with Crippen molar-refractivity contribution in [3.05, 3.63) is 18.1 Å². The fraction of sp³-hybridized carbons (Fsp3) is 0.692. The molecule has 1 aromatic heterocycles. The molecule has 1 saturated heterocycles. The second-order valence-electron chi connectivity index (χ2n) is 4.93. The smallest absolute Gasteiger partial charge is 0.216 e. The monoisotopic (exact) mass is 235 g/mol. The van der Waals surface area contributed by atoms with Crippen LogP contribution in [0.1, 0.15) is 38.3 Å². The van der Waals surface area contributed by atoms with E-state index in [0.29, 0.717) is 11.8 Å². The van der Waals surface area contributed by atoms with E-state index in [9.17, 15) is 0 Å². The molecule has 94 valence electrons. The zero-order valence-corrected chi connectivity index (χ0v) is 10.6. The van der Waals surface area contributed by atoms with Crippen LogP contribution in [0.15, 0.2) is 12.4 Å². The van der Waals surface area contributed by atoms with Crippen molar-refractivity contribution >= 4 is 0 Å². The zero-order chi connectivity index (χ0) is 12.1. The first kappa shape index (κ1) is 12.3. The van der Waals surface area contributed by atoms with Gasteiger partial charge in [-0.15, -0.1) is 0 Å². The normalized spacial score (nSPS) is 19.8. The van der Waals surface area contributed by atoms with Gasteiger partial charge in [-0.1, -0.05) is 13.8 Å². The summed E-state index contributed by atoms with van der Waals surface area (Å²) in [4.78, 5) is 8.36. The summed E-state index contributed by atoms with van der Waals surface area (Å²) >= 11 is 0. The maximum atomic E-state index is 5.68. The van der Waals surface area contributed by atoms with Crippen molar-refractivity contribution in [2.75, 3.05) is 19.7 Å². The van der Waals surface area contributed by atoms with Gasteiger partial charge in [0, 0.05) is 6.07 Å². The Hall–Kier alpha value is -1.16. The molecule has 1 N–H and O–H groups in total. The molecule has 1 atom stereocenters. The minimum absolute atomic E-state index is 0.416. The average Bonchev–Trinajstić information content (AvgIpc) is 2.82. The molecule has 4 nitrogen and oxygen atoms in total. The van der Waals surface area contributed by atoms with Crippen LogP contribution >= 0.6 is 0 Å². The third-order valence-electron chi connectivity index (χ3n) is 3.19. The van der Waals surface area contributed by atoms with Crippen LogP contribution < -0.4 is 10.1 Å². The molecule has 0 saturated carbocycles. The molecule has 1 aromatic rings. The van der Waals surface area contributed by atoms with Crippen molar-refractivity contribution in [2.45, 2.75) is 32.6 Å². The number of hydrogen-bond donors (Lipinski definition) is 1. The van der Waals surface area contributed by atoms with Gasteiger partial charge in [0.1, 0.15) is 6.33 Å². The van der Waals surface area contributed by atoms with Crippen LogP contribution in [0, 0.1) is 5.92 Å². The summed E-state index contributed by atoms with van der Waals surface area (Å²) in [6.07, 6.45) is 3.96. The molecule has 2 heterocycles. The van der Waals surface area contributed by atoms with E-state index in [-0.39, 0.29) is 0 Å². The summed E-state index contributed by atoms with van der Waals surface area (Å²) in [5, 5.41) is 3.36. The molecule has 1 aliphatic rings. The molecular formula is C13H21N3O. The van der Waals surface area contributed by atoms with Gasteiger partial charge in [-0.2, -0.15) is 0 Å². The summed E-state index contributed by atoms with van der Waals surface area (Å²) < 4.78 is 5.68. The number of aromatic nitrogens is 2. The van der Waals surface area contributed by atoms with Crippen LogP contribution in [0.3, 0.4) is 0 Å². The lowest BCUT2D eigenvalue weighted by atomic mass is 10.1.